The molecule has 0 aromatic heterocycles. The number of rotatable bonds is 3. The van der Waals surface area contributed by atoms with Gasteiger partial charge in [0.05, 0.1) is 5.60 Å². The quantitative estimate of drug-likeness (QED) is 0.563. The average Bonchev–Trinajstić information content (AvgIpc) is 1.59. The van der Waals surface area contributed by atoms with Gasteiger partial charge < -0.3 is 10.4 Å². The van der Waals surface area contributed by atoms with E-state index in [2.05, 4.69) is 12.4 Å². The molecule has 0 aliphatic carbocycles. The second-order valence-electron chi connectivity index (χ2n) is 2.56. The summed E-state index contributed by atoms with van der Waals surface area (Å²) in [5.41, 5.74) is -0.551. The zero-order valence-electron chi connectivity index (χ0n) is 5.57. The molecule has 49 valence electrons. The normalized spacial score (nSPS) is 12.0. The first-order valence-corrected chi connectivity index (χ1v) is 2.78. The summed E-state index contributed by atoms with van der Waals surface area (Å²) in [5, 5.41) is 11.8. The van der Waals surface area contributed by atoms with E-state index in [1.165, 1.54) is 0 Å². The van der Waals surface area contributed by atoms with Gasteiger partial charge in [-0.05, 0) is 26.8 Å². The molecule has 0 fully saturated rings. The van der Waals surface area contributed by atoms with Crippen molar-refractivity contribution in [3.8, 4) is 0 Å². The lowest BCUT2D eigenvalue weighted by Gasteiger charge is -2.15. The van der Waals surface area contributed by atoms with E-state index in [4.69, 9.17) is 5.11 Å². The summed E-state index contributed by atoms with van der Waals surface area (Å²) in [5.74, 6) is 0. The highest BCUT2D eigenvalue weighted by Gasteiger charge is 2.09. The van der Waals surface area contributed by atoms with Gasteiger partial charge in [0.25, 0.3) is 0 Å². The Labute approximate surface area is 50.9 Å². The van der Waals surface area contributed by atoms with Gasteiger partial charge in [0.15, 0.2) is 0 Å². The van der Waals surface area contributed by atoms with E-state index in [-0.39, 0.29) is 0 Å². The van der Waals surface area contributed by atoms with Crippen LogP contribution in [0.2, 0.25) is 0 Å². The van der Waals surface area contributed by atoms with E-state index < -0.39 is 5.60 Å². The summed E-state index contributed by atoms with van der Waals surface area (Å²) in [6.45, 7) is 4.33. The molecule has 0 atom stereocenters. The van der Waals surface area contributed by atoms with Crippen molar-refractivity contribution < 1.29 is 5.11 Å². The Hall–Kier alpha value is -0.0800. The van der Waals surface area contributed by atoms with E-state index in [0.29, 0.717) is 0 Å². The summed E-state index contributed by atoms with van der Waals surface area (Å²) in [6.07, 6.45) is 0.747. The smallest absolute Gasteiger partial charge is 0.0603 e. The number of nitrogens with one attached hydrogen (secondary N) is 1. The number of hydrogen-bond donors (Lipinski definition) is 2. The molecule has 0 amide bonds. The van der Waals surface area contributed by atoms with Crippen molar-refractivity contribution >= 4 is 0 Å². The first-order valence-electron chi connectivity index (χ1n) is 2.78. The summed E-state index contributed by atoms with van der Waals surface area (Å²) < 4.78 is 0. The minimum absolute atomic E-state index is 0.551. The Morgan fingerprint density at radius 3 is 2.25 bits per heavy atom. The maximum atomic E-state index is 9.08. The maximum Gasteiger partial charge on any atom is 0.0603 e. The summed E-state index contributed by atoms with van der Waals surface area (Å²) >= 11 is 0. The molecule has 8 heavy (non-hydrogen) atoms. The van der Waals surface area contributed by atoms with Crippen LogP contribution in [-0.2, 0) is 0 Å². The standard InChI is InChI=1S/C6H14NO/c1-6(2,8)4-5-7-3/h7-8H,3-5H2,1-2H3. The van der Waals surface area contributed by atoms with Gasteiger partial charge in [-0.15, -0.1) is 0 Å². The lowest BCUT2D eigenvalue weighted by Crippen LogP contribution is -2.23. The van der Waals surface area contributed by atoms with Crippen LogP contribution < -0.4 is 5.32 Å². The molecule has 0 unspecified atom stereocenters. The lowest BCUT2D eigenvalue weighted by atomic mass is 10.1. The van der Waals surface area contributed by atoms with Gasteiger partial charge in [0.1, 0.15) is 0 Å². The third-order valence-corrected chi connectivity index (χ3v) is 0.914. The molecule has 1 radical (unpaired) electrons. The SMILES string of the molecule is [CH2]NCCC(C)(C)O. The predicted molar refractivity (Wildman–Crippen MR) is 34.3 cm³/mol. The van der Waals surface area contributed by atoms with Gasteiger partial charge in [-0.1, -0.05) is 0 Å². The van der Waals surface area contributed by atoms with Crippen LogP contribution in [0.25, 0.3) is 0 Å². The van der Waals surface area contributed by atoms with Crippen LogP contribution in [0, 0.1) is 7.05 Å². The summed E-state index contributed by atoms with van der Waals surface area (Å²) in [6, 6.07) is 0. The van der Waals surface area contributed by atoms with Gasteiger partial charge in [-0.3, -0.25) is 0 Å². The van der Waals surface area contributed by atoms with Crippen LogP contribution >= 0.6 is 0 Å². The van der Waals surface area contributed by atoms with Gasteiger partial charge >= 0.3 is 0 Å². The van der Waals surface area contributed by atoms with E-state index in [1.54, 1.807) is 13.8 Å². The van der Waals surface area contributed by atoms with Crippen LogP contribution in [0.3, 0.4) is 0 Å². The Kier molecular flexibility index (Phi) is 3.02. The molecular formula is C6H14NO. The number of hydrogen-bond acceptors (Lipinski definition) is 2. The zero-order chi connectivity index (χ0) is 6.62. The molecule has 2 nitrogen and oxygen atoms in total. The van der Waals surface area contributed by atoms with Crippen molar-refractivity contribution in [1.82, 2.24) is 5.32 Å². The van der Waals surface area contributed by atoms with Crippen LogP contribution in [0.5, 0.6) is 0 Å². The molecular weight excluding hydrogens is 102 g/mol. The van der Waals surface area contributed by atoms with Crippen molar-refractivity contribution in [3.63, 3.8) is 0 Å². The lowest BCUT2D eigenvalue weighted by molar-refractivity contribution is 0.0721. The van der Waals surface area contributed by atoms with E-state index >= 15 is 0 Å². The van der Waals surface area contributed by atoms with Crippen molar-refractivity contribution in [2.75, 3.05) is 6.54 Å². The molecule has 0 aliphatic rings. The molecule has 0 saturated carbocycles. The maximum absolute atomic E-state index is 9.08. The van der Waals surface area contributed by atoms with Gasteiger partial charge in [0, 0.05) is 7.05 Å². The van der Waals surface area contributed by atoms with Crippen molar-refractivity contribution in [2.45, 2.75) is 25.9 Å². The Balaban J connectivity index is 3.11. The Morgan fingerprint density at radius 1 is 1.62 bits per heavy atom. The zero-order valence-corrected chi connectivity index (χ0v) is 5.57. The highest BCUT2D eigenvalue weighted by atomic mass is 16.3. The number of aliphatic hydroxyl groups is 1. The largest absolute Gasteiger partial charge is 0.390 e. The third-order valence-electron chi connectivity index (χ3n) is 0.914. The van der Waals surface area contributed by atoms with E-state index in [9.17, 15) is 0 Å². The molecule has 0 bridgehead atoms. The highest BCUT2D eigenvalue weighted by Crippen LogP contribution is 2.04. The molecule has 0 heterocycles. The van der Waals surface area contributed by atoms with Crippen LogP contribution in [-0.4, -0.2) is 17.3 Å². The van der Waals surface area contributed by atoms with Crippen molar-refractivity contribution in [2.24, 2.45) is 0 Å². The molecule has 0 aromatic rings. The fourth-order valence-corrected chi connectivity index (χ4v) is 0.394. The van der Waals surface area contributed by atoms with E-state index in [0.717, 1.165) is 13.0 Å². The van der Waals surface area contributed by atoms with Gasteiger partial charge in [-0.2, -0.15) is 0 Å². The summed E-state index contributed by atoms with van der Waals surface area (Å²) in [4.78, 5) is 0. The second kappa shape index (κ2) is 3.05. The van der Waals surface area contributed by atoms with Gasteiger partial charge in [0.2, 0.25) is 0 Å². The fourth-order valence-electron chi connectivity index (χ4n) is 0.394. The highest BCUT2D eigenvalue weighted by molar-refractivity contribution is 4.65. The minimum Gasteiger partial charge on any atom is -0.390 e. The minimum atomic E-state index is -0.551. The van der Waals surface area contributed by atoms with E-state index in [1.807, 2.05) is 0 Å². The average molecular weight is 116 g/mol. The Bertz CT molecular complexity index is 56.0. The molecule has 0 saturated heterocycles. The Morgan fingerprint density at radius 2 is 2.12 bits per heavy atom. The molecule has 0 aliphatic heterocycles. The molecule has 0 rings (SSSR count). The van der Waals surface area contributed by atoms with Crippen molar-refractivity contribution in [3.05, 3.63) is 7.05 Å². The van der Waals surface area contributed by atoms with Crippen LogP contribution in [0.4, 0.5) is 0 Å². The summed E-state index contributed by atoms with van der Waals surface area (Å²) in [7, 11) is 3.43. The topological polar surface area (TPSA) is 32.3 Å². The fraction of sp³-hybridized carbons (Fsp3) is 0.833. The first kappa shape index (κ1) is 7.92. The molecule has 0 aromatic carbocycles. The van der Waals surface area contributed by atoms with Crippen LogP contribution in [0.15, 0.2) is 0 Å². The third kappa shape index (κ3) is 5.92. The molecule has 2 N–H and O–H groups in total. The predicted octanol–water partition coefficient (Wildman–Crippen LogP) is 0.529. The van der Waals surface area contributed by atoms with Crippen molar-refractivity contribution in [1.29, 1.82) is 0 Å². The monoisotopic (exact) mass is 116 g/mol. The first-order chi connectivity index (χ1) is 3.56. The van der Waals surface area contributed by atoms with Crippen LogP contribution in [0.1, 0.15) is 20.3 Å². The second-order valence-corrected chi connectivity index (χ2v) is 2.56. The molecule has 0 spiro atoms. The van der Waals surface area contributed by atoms with Gasteiger partial charge in [-0.25, -0.2) is 0 Å². The molecule has 2 heteroatoms.